The van der Waals surface area contributed by atoms with E-state index in [0.717, 1.165) is 65.7 Å². The van der Waals surface area contributed by atoms with Crippen LogP contribution < -0.4 is 31.9 Å². The molecule has 0 spiro atoms. The van der Waals surface area contributed by atoms with Crippen LogP contribution in [0.4, 0.5) is 11.6 Å². The molecule has 472 valence electrons. The molecule has 4 aromatic heterocycles. The number of thiazole rings is 2. The number of anilines is 2. The molecule has 4 aliphatic rings. The molecular weight excluding hydrogens is 1230 g/mol. The summed E-state index contributed by atoms with van der Waals surface area (Å²) in [6, 6.07) is 9.88. The van der Waals surface area contributed by atoms with Gasteiger partial charge < -0.3 is 57.0 Å². The molecule has 2 aliphatic carbocycles. The second-order valence-corrected chi connectivity index (χ2v) is 25.9. The van der Waals surface area contributed by atoms with E-state index in [-0.39, 0.29) is 64.9 Å². The lowest BCUT2D eigenvalue weighted by molar-refractivity contribution is -0.137. The van der Waals surface area contributed by atoms with E-state index in [1.54, 1.807) is 52.5 Å². The first-order valence-electron chi connectivity index (χ1n) is 27.1. The number of halogens is 2. The summed E-state index contributed by atoms with van der Waals surface area (Å²) in [6.45, 7) is 5.11. The van der Waals surface area contributed by atoms with Crippen molar-refractivity contribution in [1.29, 1.82) is 0 Å². The lowest BCUT2D eigenvalue weighted by Gasteiger charge is -2.37. The van der Waals surface area contributed by atoms with Gasteiger partial charge in [0.05, 0.1) is 38.4 Å². The van der Waals surface area contributed by atoms with Crippen molar-refractivity contribution in [3.8, 4) is 0 Å². The number of carbonyl (C=O) groups excluding carboxylic acids is 8. The van der Waals surface area contributed by atoms with Crippen molar-refractivity contribution < 1.29 is 56.8 Å². The summed E-state index contributed by atoms with van der Waals surface area (Å²) in [5, 5.41) is 17.8. The molecule has 8 amide bonds. The minimum absolute atomic E-state index is 0. The van der Waals surface area contributed by atoms with Crippen molar-refractivity contribution in [3.05, 3.63) is 108 Å². The maximum absolute atomic E-state index is 13.2. The van der Waals surface area contributed by atoms with E-state index in [1.807, 2.05) is 21.0 Å². The van der Waals surface area contributed by atoms with Crippen LogP contribution in [0.25, 0.3) is 0 Å². The van der Waals surface area contributed by atoms with Crippen molar-refractivity contribution in [2.45, 2.75) is 108 Å². The minimum atomic E-state index is -4.02. The van der Waals surface area contributed by atoms with Crippen LogP contribution in [0.15, 0.2) is 65.8 Å². The molecule has 5 aromatic rings. The molecule has 31 heteroatoms. The van der Waals surface area contributed by atoms with Crippen LogP contribution in [-0.4, -0.2) is 185 Å². The molecule has 26 nitrogen and oxygen atoms in total. The Bertz CT molecular complexity index is 3190. The Kier molecular flexibility index (Phi) is 25.8. The number of hydrogen-bond donors (Lipinski definition) is 7. The molecule has 6 heterocycles. The van der Waals surface area contributed by atoms with E-state index in [2.05, 4.69) is 61.6 Å². The molecule has 0 unspecified atom stereocenters. The highest BCUT2D eigenvalue weighted by Crippen LogP contribution is 2.31. The van der Waals surface area contributed by atoms with E-state index >= 15 is 0 Å². The molecular formula is C56H74Cl2N14O12S3. The number of aromatic nitrogens is 4. The van der Waals surface area contributed by atoms with Crippen molar-refractivity contribution in [1.82, 2.24) is 60.8 Å². The lowest BCUT2D eigenvalue weighted by Crippen LogP contribution is -2.57. The zero-order valence-corrected chi connectivity index (χ0v) is 52.3. The van der Waals surface area contributed by atoms with Crippen LogP contribution in [0, 0.1) is 18.8 Å². The summed E-state index contributed by atoms with van der Waals surface area (Å²) in [5.41, 5.74) is 2.84. The number of pyridine rings is 2. The highest BCUT2D eigenvalue weighted by Gasteiger charge is 2.40. The Morgan fingerprint density at radius 1 is 0.586 bits per heavy atom. The van der Waals surface area contributed by atoms with E-state index in [4.69, 9.17) is 27.8 Å². The van der Waals surface area contributed by atoms with E-state index in [0.29, 0.717) is 58.6 Å². The van der Waals surface area contributed by atoms with Gasteiger partial charge in [0.1, 0.15) is 11.6 Å². The molecule has 2 fully saturated rings. The van der Waals surface area contributed by atoms with Gasteiger partial charge in [0.15, 0.2) is 10.0 Å². The van der Waals surface area contributed by atoms with Gasteiger partial charge in [-0.1, -0.05) is 48.3 Å². The average molecular weight is 1300 g/mol. The Morgan fingerprint density at radius 3 is 1.32 bits per heavy atom. The van der Waals surface area contributed by atoms with E-state index < -0.39 is 57.9 Å². The quantitative estimate of drug-likeness (QED) is 0.0733. The SMILES string of the molecule is C.CN1CCc2nc(C(=O)N[C@@H]3C[C@@H](C(=O)N(C)C)CC[C@@H]3NC(=O)C(=O)Nc3ccc(Cl)cn3)sc2C1.CN1CCc2nc(C(=O)N[C@@H]3C[C@@H](C(=O)N(C)C)CC[C@@H]3NC(=O)C(=O)Nc3ccc(Cl)cn3)sc2C1.Cc1ccc(S(=O)(=O)O)cc1.O. The second kappa shape index (κ2) is 31.7. The number of aryl methyl sites for hydroxylation is 1. The van der Waals surface area contributed by atoms with Gasteiger partial charge in [0.2, 0.25) is 11.8 Å². The number of hydrogen-bond acceptors (Lipinski definition) is 18. The molecule has 87 heavy (non-hydrogen) atoms. The van der Waals surface area contributed by atoms with Crippen LogP contribution >= 0.6 is 45.9 Å². The Morgan fingerprint density at radius 2 is 0.977 bits per heavy atom. The normalized spacial score (nSPS) is 19.7. The smallest absolute Gasteiger partial charge is 0.314 e. The maximum Gasteiger partial charge on any atom is 0.314 e. The van der Waals surface area contributed by atoms with Gasteiger partial charge in [-0.2, -0.15) is 8.42 Å². The third kappa shape index (κ3) is 20.0. The second-order valence-electron chi connectivity index (χ2n) is 21.5. The molecule has 0 bridgehead atoms. The zero-order valence-electron chi connectivity index (χ0n) is 48.3. The molecule has 0 radical (unpaired) electrons. The predicted molar refractivity (Wildman–Crippen MR) is 330 cm³/mol. The van der Waals surface area contributed by atoms with E-state index in [9.17, 15) is 46.8 Å². The third-order valence-corrected chi connectivity index (χ3v) is 17.9. The van der Waals surface area contributed by atoms with Gasteiger partial charge in [0, 0.05) is 113 Å². The topological polar surface area (TPSA) is 359 Å². The summed E-state index contributed by atoms with van der Waals surface area (Å²) in [6.07, 6.45) is 6.85. The van der Waals surface area contributed by atoms with Gasteiger partial charge in [-0.05, 0) is 95.9 Å². The highest BCUT2D eigenvalue weighted by atomic mass is 35.5. The standard InChI is InChI=1S/2C24H30ClN7O4S.C7H8O3S.CH4.H2O/c2*1-31(2)24(36)13-4-6-15(27-20(33)21(34)30-19-7-5-14(25)11-26-19)17(10-13)28-22(35)23-29-16-8-9-32(3)12-18(16)37-23;1-6-2-4-7(5-3-6)11(8,9)10;;/h2*5,7,11,13,15,17H,4,6,8-10,12H2,1-3H3,(H,27,33)(H,28,35)(H,26,30,34);2-5H,1H3,(H,8,9,10);1H4;1H2/t2*13-,15-,17+;;;/m00.../s1. The number of fused-ring (bicyclic) bond motifs is 2. The molecule has 0 saturated heterocycles. The number of likely N-dealkylation sites (N-methyl/N-ethyl adjacent to an activating group) is 2. The molecule has 9 N–H and O–H groups in total. The largest absolute Gasteiger partial charge is 0.412 e. The highest BCUT2D eigenvalue weighted by molar-refractivity contribution is 7.85. The van der Waals surface area contributed by atoms with Gasteiger partial charge in [-0.15, -0.1) is 22.7 Å². The number of benzene rings is 1. The summed E-state index contributed by atoms with van der Waals surface area (Å²) >= 11 is 14.3. The van der Waals surface area contributed by atoms with Crippen molar-refractivity contribution in [2.24, 2.45) is 11.8 Å². The monoisotopic (exact) mass is 1300 g/mol. The average Bonchev–Trinajstić information content (AvgIpc) is 2.95. The number of amides is 8. The number of carbonyl (C=O) groups is 8. The van der Waals surface area contributed by atoms with Gasteiger partial charge in [-0.25, -0.2) is 19.9 Å². The number of nitrogens with one attached hydrogen (secondary N) is 6. The summed E-state index contributed by atoms with van der Waals surface area (Å²) in [4.78, 5) is 128. The van der Waals surface area contributed by atoms with Crippen LogP contribution in [-0.2, 0) is 64.8 Å². The minimum Gasteiger partial charge on any atom is -0.412 e. The van der Waals surface area contributed by atoms with Crippen molar-refractivity contribution in [3.63, 3.8) is 0 Å². The van der Waals surface area contributed by atoms with Crippen molar-refractivity contribution in [2.75, 3.05) is 66.0 Å². The van der Waals surface area contributed by atoms with Crippen LogP contribution in [0.1, 0.15) is 92.3 Å². The zero-order chi connectivity index (χ0) is 61.9. The summed E-state index contributed by atoms with van der Waals surface area (Å²) in [7, 11) is 6.80. The van der Waals surface area contributed by atoms with Crippen molar-refractivity contribution >= 4 is 115 Å². The van der Waals surface area contributed by atoms with Gasteiger partial charge in [-0.3, -0.25) is 42.9 Å². The third-order valence-electron chi connectivity index (χ3n) is 14.4. The molecule has 6 atom stereocenters. The summed E-state index contributed by atoms with van der Waals surface area (Å²) < 4.78 is 29.6. The first-order valence-corrected chi connectivity index (χ1v) is 30.9. The lowest BCUT2D eigenvalue weighted by atomic mass is 9.81. The number of rotatable bonds is 11. The summed E-state index contributed by atoms with van der Waals surface area (Å²) in [5.74, 6) is -4.49. The first kappa shape index (κ1) is 70.7. The fourth-order valence-corrected chi connectivity index (χ4v) is 12.8. The maximum atomic E-state index is 13.2. The molecule has 2 aliphatic heterocycles. The number of nitrogens with zero attached hydrogens (tertiary/aromatic N) is 8. The Labute approximate surface area is 523 Å². The van der Waals surface area contributed by atoms with Crippen LogP contribution in [0.3, 0.4) is 0 Å². The first-order chi connectivity index (χ1) is 40.2. The fourth-order valence-electron chi connectivity index (χ4n) is 9.91. The fraction of sp³-hybridized carbons (Fsp3) is 0.464. The molecule has 2 saturated carbocycles. The van der Waals surface area contributed by atoms with Gasteiger partial charge in [0.25, 0.3) is 21.9 Å². The van der Waals surface area contributed by atoms with Crippen LogP contribution in [0.5, 0.6) is 0 Å². The van der Waals surface area contributed by atoms with Crippen LogP contribution in [0.2, 0.25) is 10.0 Å². The van der Waals surface area contributed by atoms with E-state index in [1.165, 1.54) is 69.1 Å². The Hall–Kier alpha value is -7.09. The molecule has 9 rings (SSSR count). The van der Waals surface area contributed by atoms with Gasteiger partial charge >= 0.3 is 23.6 Å². The predicted octanol–water partition coefficient (Wildman–Crippen LogP) is 3.63. The Balaban J connectivity index is 0.000000265. The molecule has 1 aromatic carbocycles.